The number of nitrogens with one attached hydrogen (secondary N) is 1. The van der Waals surface area contributed by atoms with Crippen LogP contribution in [0.3, 0.4) is 0 Å². The summed E-state index contributed by atoms with van der Waals surface area (Å²) in [5.41, 5.74) is 0.304. The first-order valence-electron chi connectivity index (χ1n) is 6.70. The molecule has 0 aliphatic heterocycles. The summed E-state index contributed by atoms with van der Waals surface area (Å²) < 4.78 is 27.2. The highest BCUT2D eigenvalue weighted by Crippen LogP contribution is 2.35. The molecule has 110 valence electrons. The third-order valence-electron chi connectivity index (χ3n) is 3.89. The molecule has 1 aromatic rings. The molecule has 0 aromatic heterocycles. The van der Waals surface area contributed by atoms with Crippen molar-refractivity contribution in [1.82, 2.24) is 4.72 Å². The number of aromatic carboxylic acids is 1. The first-order chi connectivity index (χ1) is 9.36. The Hall–Kier alpha value is -1.40. The second-order valence-electron chi connectivity index (χ2n) is 5.35. The zero-order valence-corrected chi connectivity index (χ0v) is 12.2. The Morgan fingerprint density at radius 3 is 2.60 bits per heavy atom. The van der Waals surface area contributed by atoms with Crippen molar-refractivity contribution in [2.45, 2.75) is 43.9 Å². The van der Waals surface area contributed by atoms with Crippen LogP contribution in [0.25, 0.3) is 0 Å². The SMILES string of the molecule is CCC1(NS(=O)(=O)Cc2cccc(C(=O)O)c2)CCC1. The van der Waals surface area contributed by atoms with Crippen LogP contribution in [0.1, 0.15) is 48.5 Å². The molecule has 0 atom stereocenters. The van der Waals surface area contributed by atoms with E-state index in [9.17, 15) is 13.2 Å². The van der Waals surface area contributed by atoms with Crippen molar-refractivity contribution in [2.75, 3.05) is 0 Å². The molecule has 2 N–H and O–H groups in total. The maximum Gasteiger partial charge on any atom is 0.335 e. The van der Waals surface area contributed by atoms with Crippen LogP contribution >= 0.6 is 0 Å². The summed E-state index contributed by atoms with van der Waals surface area (Å²) in [4.78, 5) is 10.9. The first kappa shape index (κ1) is 15.0. The number of carboxylic acid groups (broad SMARTS) is 1. The summed E-state index contributed by atoms with van der Waals surface area (Å²) in [5, 5.41) is 8.91. The predicted molar refractivity (Wildman–Crippen MR) is 76.0 cm³/mol. The number of hydrogen-bond donors (Lipinski definition) is 2. The van der Waals surface area contributed by atoms with Gasteiger partial charge < -0.3 is 5.11 Å². The number of carbonyl (C=O) groups is 1. The standard InChI is InChI=1S/C14H19NO4S/c1-2-14(7-4-8-14)15-20(18,19)10-11-5-3-6-12(9-11)13(16)17/h3,5-6,9,15H,2,4,7-8,10H2,1H3,(H,16,17). The van der Waals surface area contributed by atoms with Crippen LogP contribution in [-0.2, 0) is 15.8 Å². The molecule has 1 saturated carbocycles. The monoisotopic (exact) mass is 297 g/mol. The molecule has 1 aliphatic rings. The van der Waals surface area contributed by atoms with Crippen LogP contribution in [0.5, 0.6) is 0 Å². The molecule has 0 bridgehead atoms. The lowest BCUT2D eigenvalue weighted by atomic mass is 9.76. The molecule has 0 amide bonds. The van der Waals surface area contributed by atoms with Crippen LogP contribution in [0.15, 0.2) is 24.3 Å². The summed E-state index contributed by atoms with van der Waals surface area (Å²) in [6.07, 6.45) is 3.57. The normalized spacial score (nSPS) is 17.4. The van der Waals surface area contributed by atoms with Crippen molar-refractivity contribution in [2.24, 2.45) is 0 Å². The first-order valence-corrected chi connectivity index (χ1v) is 8.35. The third kappa shape index (κ3) is 3.37. The van der Waals surface area contributed by atoms with E-state index in [0.717, 1.165) is 25.7 Å². The van der Waals surface area contributed by atoms with Crippen LogP contribution in [0.4, 0.5) is 0 Å². The van der Waals surface area contributed by atoms with Gasteiger partial charge in [0, 0.05) is 5.54 Å². The fourth-order valence-corrected chi connectivity index (χ4v) is 4.21. The molecule has 5 nitrogen and oxygen atoms in total. The molecule has 1 aromatic carbocycles. The fourth-order valence-electron chi connectivity index (χ4n) is 2.51. The predicted octanol–water partition coefficient (Wildman–Crippen LogP) is 2.14. The van der Waals surface area contributed by atoms with Crippen molar-refractivity contribution in [3.8, 4) is 0 Å². The topological polar surface area (TPSA) is 83.5 Å². The van der Waals surface area contributed by atoms with E-state index in [0.29, 0.717) is 5.56 Å². The van der Waals surface area contributed by atoms with Crippen LogP contribution in [-0.4, -0.2) is 25.0 Å². The summed E-state index contributed by atoms with van der Waals surface area (Å²) >= 11 is 0. The highest BCUT2D eigenvalue weighted by molar-refractivity contribution is 7.88. The van der Waals surface area contributed by atoms with E-state index in [1.807, 2.05) is 6.92 Å². The van der Waals surface area contributed by atoms with Gasteiger partial charge in [-0.1, -0.05) is 19.1 Å². The molecule has 6 heteroatoms. The maximum absolute atomic E-state index is 12.2. The lowest BCUT2D eigenvalue weighted by molar-refractivity contribution is 0.0696. The van der Waals surface area contributed by atoms with Crippen LogP contribution in [0, 0.1) is 0 Å². The minimum atomic E-state index is -3.45. The van der Waals surface area contributed by atoms with Gasteiger partial charge in [-0.25, -0.2) is 17.9 Å². The molecular formula is C14H19NO4S. The largest absolute Gasteiger partial charge is 0.478 e. The molecule has 1 fully saturated rings. The van der Waals surface area contributed by atoms with Crippen LogP contribution < -0.4 is 4.72 Å². The van der Waals surface area contributed by atoms with Gasteiger partial charge in [-0.3, -0.25) is 0 Å². The summed E-state index contributed by atoms with van der Waals surface area (Å²) in [7, 11) is -3.45. The van der Waals surface area contributed by atoms with E-state index in [1.54, 1.807) is 12.1 Å². The number of carboxylic acids is 1. The highest BCUT2D eigenvalue weighted by Gasteiger charge is 2.38. The second-order valence-corrected chi connectivity index (χ2v) is 7.08. The van der Waals surface area contributed by atoms with E-state index in [4.69, 9.17) is 5.11 Å². The van der Waals surface area contributed by atoms with Crippen LogP contribution in [0.2, 0.25) is 0 Å². The van der Waals surface area contributed by atoms with Crippen molar-refractivity contribution in [1.29, 1.82) is 0 Å². The molecule has 2 rings (SSSR count). The Balaban J connectivity index is 2.12. The van der Waals surface area contributed by atoms with E-state index in [-0.39, 0.29) is 16.9 Å². The van der Waals surface area contributed by atoms with Gasteiger partial charge >= 0.3 is 5.97 Å². The molecular weight excluding hydrogens is 278 g/mol. The Kier molecular flexibility index (Phi) is 4.15. The molecule has 20 heavy (non-hydrogen) atoms. The summed E-state index contributed by atoms with van der Waals surface area (Å²) in [5.74, 6) is -1.24. The van der Waals surface area contributed by atoms with Gasteiger partial charge in [-0.2, -0.15) is 0 Å². The fraction of sp³-hybridized carbons (Fsp3) is 0.500. The van der Waals surface area contributed by atoms with Crippen molar-refractivity contribution in [3.05, 3.63) is 35.4 Å². The average Bonchev–Trinajstić information content (AvgIpc) is 2.33. The van der Waals surface area contributed by atoms with Gasteiger partial charge in [0.1, 0.15) is 0 Å². The maximum atomic E-state index is 12.2. The summed E-state index contributed by atoms with van der Waals surface area (Å²) in [6.45, 7) is 1.98. The third-order valence-corrected chi connectivity index (χ3v) is 5.35. The smallest absolute Gasteiger partial charge is 0.335 e. The van der Waals surface area contributed by atoms with Crippen molar-refractivity contribution >= 4 is 16.0 Å². The van der Waals surface area contributed by atoms with Gasteiger partial charge in [0.15, 0.2) is 0 Å². The number of rotatable bonds is 6. The summed E-state index contributed by atoms with van der Waals surface area (Å²) in [6, 6.07) is 6.05. The number of sulfonamides is 1. The Bertz CT molecular complexity index is 600. The Morgan fingerprint density at radius 2 is 2.10 bits per heavy atom. The Labute approximate surface area is 119 Å². The van der Waals surface area contributed by atoms with Gasteiger partial charge in [-0.05, 0) is 43.4 Å². The van der Waals surface area contributed by atoms with Gasteiger partial charge in [0.05, 0.1) is 11.3 Å². The Morgan fingerprint density at radius 1 is 1.40 bits per heavy atom. The van der Waals surface area contributed by atoms with E-state index in [2.05, 4.69) is 4.72 Å². The van der Waals surface area contributed by atoms with E-state index >= 15 is 0 Å². The molecule has 0 spiro atoms. The quantitative estimate of drug-likeness (QED) is 0.842. The molecule has 0 unspecified atom stereocenters. The number of hydrogen-bond acceptors (Lipinski definition) is 3. The van der Waals surface area contributed by atoms with Crippen molar-refractivity contribution in [3.63, 3.8) is 0 Å². The molecule has 0 radical (unpaired) electrons. The van der Waals surface area contributed by atoms with Gasteiger partial charge in [0.25, 0.3) is 0 Å². The lowest BCUT2D eigenvalue weighted by Crippen LogP contribution is -2.53. The van der Waals surface area contributed by atoms with Gasteiger partial charge in [0.2, 0.25) is 10.0 Å². The molecule has 1 aliphatic carbocycles. The van der Waals surface area contributed by atoms with Gasteiger partial charge in [-0.15, -0.1) is 0 Å². The number of benzene rings is 1. The second kappa shape index (κ2) is 5.54. The molecule has 0 saturated heterocycles. The lowest BCUT2D eigenvalue weighted by Gasteiger charge is -2.41. The minimum absolute atomic E-state index is 0.103. The molecule has 0 heterocycles. The van der Waals surface area contributed by atoms with E-state index < -0.39 is 16.0 Å². The zero-order valence-electron chi connectivity index (χ0n) is 11.4. The minimum Gasteiger partial charge on any atom is -0.478 e. The van der Waals surface area contributed by atoms with Crippen molar-refractivity contribution < 1.29 is 18.3 Å². The van der Waals surface area contributed by atoms with E-state index in [1.165, 1.54) is 12.1 Å². The highest BCUT2D eigenvalue weighted by atomic mass is 32.2. The average molecular weight is 297 g/mol. The zero-order chi connectivity index (χ0) is 14.8.